The first-order valence-electron chi connectivity index (χ1n) is 11.4. The zero-order valence-electron chi connectivity index (χ0n) is 18.3. The average Bonchev–Trinajstić information content (AvgIpc) is 3.05. The molecule has 1 unspecified atom stereocenters. The van der Waals surface area contributed by atoms with Gasteiger partial charge in [0.2, 0.25) is 5.91 Å². The molecule has 168 valence electrons. The molecule has 30 heavy (non-hydrogen) atoms. The summed E-state index contributed by atoms with van der Waals surface area (Å²) in [4.78, 5) is 19.1. The van der Waals surface area contributed by atoms with Crippen LogP contribution in [-0.2, 0) is 4.79 Å². The molecular formula is C23H37N3O4. The predicted molar refractivity (Wildman–Crippen MR) is 117 cm³/mol. The number of hydrogen-bond donors (Lipinski definition) is 1. The van der Waals surface area contributed by atoms with Gasteiger partial charge in [0.25, 0.3) is 0 Å². The van der Waals surface area contributed by atoms with Crippen LogP contribution in [0.25, 0.3) is 0 Å². The van der Waals surface area contributed by atoms with E-state index in [2.05, 4.69) is 9.80 Å². The number of aliphatic hydroxyl groups is 1. The lowest BCUT2D eigenvalue weighted by Gasteiger charge is -2.36. The van der Waals surface area contributed by atoms with Crippen molar-refractivity contribution in [2.24, 2.45) is 0 Å². The summed E-state index contributed by atoms with van der Waals surface area (Å²) in [5, 5.41) is 10.3. The Bertz CT molecular complexity index is 624. The monoisotopic (exact) mass is 419 g/mol. The quantitative estimate of drug-likeness (QED) is 0.659. The number of carbonyl (C=O) groups is 1. The van der Waals surface area contributed by atoms with Crippen molar-refractivity contribution in [3.8, 4) is 11.5 Å². The lowest BCUT2D eigenvalue weighted by molar-refractivity contribution is -0.132. The number of likely N-dealkylation sites (tertiary alicyclic amines) is 1. The van der Waals surface area contributed by atoms with Gasteiger partial charge in [0.1, 0.15) is 24.2 Å². The molecule has 3 rings (SSSR count). The van der Waals surface area contributed by atoms with E-state index in [-0.39, 0.29) is 12.5 Å². The molecule has 2 fully saturated rings. The first kappa shape index (κ1) is 22.8. The normalized spacial score (nSPS) is 19.9. The summed E-state index contributed by atoms with van der Waals surface area (Å²) in [6.45, 7) is 9.27. The van der Waals surface area contributed by atoms with Gasteiger partial charge in [0.15, 0.2) is 0 Å². The third kappa shape index (κ3) is 7.45. The minimum atomic E-state index is -0.540. The van der Waals surface area contributed by atoms with E-state index in [1.165, 1.54) is 12.8 Å². The number of nitrogens with zero attached hydrogens (tertiary/aromatic N) is 3. The number of benzene rings is 1. The third-order valence-corrected chi connectivity index (χ3v) is 5.83. The summed E-state index contributed by atoms with van der Waals surface area (Å²) >= 11 is 0. The first-order valence-corrected chi connectivity index (χ1v) is 11.4. The number of carbonyl (C=O) groups excluding carboxylic acids is 1. The molecule has 0 bridgehead atoms. The van der Waals surface area contributed by atoms with Crippen LogP contribution in [0.15, 0.2) is 24.3 Å². The van der Waals surface area contributed by atoms with Crippen molar-refractivity contribution in [2.75, 3.05) is 65.6 Å². The van der Waals surface area contributed by atoms with Crippen LogP contribution in [0, 0.1) is 0 Å². The van der Waals surface area contributed by atoms with E-state index in [4.69, 9.17) is 9.47 Å². The Balaban J connectivity index is 1.32. The van der Waals surface area contributed by atoms with Crippen molar-refractivity contribution in [1.29, 1.82) is 0 Å². The summed E-state index contributed by atoms with van der Waals surface area (Å²) < 4.78 is 11.1. The largest absolute Gasteiger partial charge is 0.494 e. The molecule has 0 aliphatic carbocycles. The van der Waals surface area contributed by atoms with Gasteiger partial charge in [-0.15, -0.1) is 0 Å². The molecule has 1 aromatic rings. The van der Waals surface area contributed by atoms with Crippen molar-refractivity contribution in [3.63, 3.8) is 0 Å². The molecule has 1 amide bonds. The van der Waals surface area contributed by atoms with Gasteiger partial charge in [0, 0.05) is 45.8 Å². The molecule has 7 nitrogen and oxygen atoms in total. The van der Waals surface area contributed by atoms with Gasteiger partial charge in [-0.1, -0.05) is 12.8 Å². The van der Waals surface area contributed by atoms with Crippen LogP contribution in [0.3, 0.4) is 0 Å². The van der Waals surface area contributed by atoms with Crippen molar-refractivity contribution in [1.82, 2.24) is 14.7 Å². The highest BCUT2D eigenvalue weighted by Gasteiger charge is 2.23. The number of ether oxygens (including phenoxy) is 2. The lowest BCUT2D eigenvalue weighted by atomic mass is 10.2. The van der Waals surface area contributed by atoms with Crippen LogP contribution in [0.2, 0.25) is 0 Å². The Hall–Kier alpha value is -1.83. The smallest absolute Gasteiger partial charge is 0.236 e. The molecule has 2 aliphatic heterocycles. The summed E-state index contributed by atoms with van der Waals surface area (Å²) in [6.07, 6.45) is 4.22. The Labute approximate surface area is 180 Å². The first-order chi connectivity index (χ1) is 14.6. The highest BCUT2D eigenvalue weighted by Crippen LogP contribution is 2.18. The van der Waals surface area contributed by atoms with Crippen molar-refractivity contribution in [2.45, 2.75) is 38.7 Å². The zero-order valence-corrected chi connectivity index (χ0v) is 18.3. The molecule has 2 aliphatic rings. The third-order valence-electron chi connectivity index (χ3n) is 5.83. The van der Waals surface area contributed by atoms with Gasteiger partial charge in [-0.3, -0.25) is 14.6 Å². The van der Waals surface area contributed by atoms with Crippen LogP contribution >= 0.6 is 0 Å². The van der Waals surface area contributed by atoms with Gasteiger partial charge in [0.05, 0.1) is 13.2 Å². The molecule has 0 aromatic heterocycles. The van der Waals surface area contributed by atoms with Gasteiger partial charge in [-0.05, 0) is 44.0 Å². The number of hydrogen-bond acceptors (Lipinski definition) is 6. The van der Waals surface area contributed by atoms with E-state index in [1.807, 2.05) is 36.1 Å². The number of amides is 1. The van der Waals surface area contributed by atoms with Gasteiger partial charge < -0.3 is 19.5 Å². The fourth-order valence-electron chi connectivity index (χ4n) is 4.08. The van der Waals surface area contributed by atoms with E-state index in [0.717, 1.165) is 63.6 Å². The molecule has 7 heteroatoms. The molecule has 0 radical (unpaired) electrons. The number of rotatable bonds is 9. The van der Waals surface area contributed by atoms with Gasteiger partial charge in [-0.2, -0.15) is 0 Å². The van der Waals surface area contributed by atoms with Gasteiger partial charge in [-0.25, -0.2) is 0 Å². The molecule has 0 saturated carbocycles. The zero-order chi connectivity index (χ0) is 21.2. The van der Waals surface area contributed by atoms with E-state index in [1.54, 1.807) is 0 Å². The topological polar surface area (TPSA) is 65.5 Å². The molecule has 1 aromatic carbocycles. The highest BCUT2D eigenvalue weighted by molar-refractivity contribution is 5.78. The summed E-state index contributed by atoms with van der Waals surface area (Å²) in [5.74, 6) is 1.82. The highest BCUT2D eigenvalue weighted by atomic mass is 16.5. The van der Waals surface area contributed by atoms with Crippen molar-refractivity contribution < 1.29 is 19.4 Å². The molecule has 2 saturated heterocycles. The summed E-state index contributed by atoms with van der Waals surface area (Å²) in [7, 11) is 0. The van der Waals surface area contributed by atoms with Crippen LogP contribution in [0.1, 0.15) is 32.6 Å². The SMILES string of the molecule is CCOc1ccc(OCC(O)CN2CCN(CC(=O)N3CCCCCC3)CC2)cc1. The Kier molecular flexibility index (Phi) is 9.24. The second kappa shape index (κ2) is 12.1. The van der Waals surface area contributed by atoms with E-state index >= 15 is 0 Å². The maximum atomic E-state index is 12.6. The van der Waals surface area contributed by atoms with Crippen molar-refractivity contribution in [3.05, 3.63) is 24.3 Å². The second-order valence-corrected chi connectivity index (χ2v) is 8.24. The number of β-amino-alcohol motifs (C(OH)–C–C–N with tert-alkyl or cyclic N) is 1. The predicted octanol–water partition coefficient (Wildman–Crippen LogP) is 1.85. The Morgan fingerprint density at radius 1 is 0.900 bits per heavy atom. The standard InChI is InChI=1S/C23H37N3O4/c1-2-29-21-7-9-22(10-8-21)30-19-20(27)17-24-13-15-25(16-14-24)18-23(28)26-11-5-3-4-6-12-26/h7-10,20,27H,2-6,11-19H2,1H3. The summed E-state index contributed by atoms with van der Waals surface area (Å²) in [5.41, 5.74) is 0. The molecule has 1 N–H and O–H groups in total. The van der Waals surface area contributed by atoms with Crippen molar-refractivity contribution >= 4 is 5.91 Å². The molecular weight excluding hydrogens is 382 g/mol. The van der Waals surface area contributed by atoms with E-state index in [0.29, 0.717) is 19.7 Å². The Morgan fingerprint density at radius 3 is 2.07 bits per heavy atom. The van der Waals surface area contributed by atoms with E-state index in [9.17, 15) is 9.90 Å². The number of piperazine rings is 1. The molecule has 2 heterocycles. The van der Waals surface area contributed by atoms with Gasteiger partial charge >= 0.3 is 0 Å². The number of aliphatic hydroxyl groups excluding tert-OH is 1. The fourth-order valence-corrected chi connectivity index (χ4v) is 4.08. The lowest BCUT2D eigenvalue weighted by Crippen LogP contribution is -2.51. The second-order valence-electron chi connectivity index (χ2n) is 8.24. The fraction of sp³-hybridized carbons (Fsp3) is 0.696. The van der Waals surface area contributed by atoms with Crippen LogP contribution in [-0.4, -0.2) is 97.4 Å². The minimum Gasteiger partial charge on any atom is -0.494 e. The molecule has 0 spiro atoms. The van der Waals surface area contributed by atoms with Crippen LogP contribution < -0.4 is 9.47 Å². The van der Waals surface area contributed by atoms with Crippen LogP contribution in [0.5, 0.6) is 11.5 Å². The maximum absolute atomic E-state index is 12.6. The Morgan fingerprint density at radius 2 is 1.47 bits per heavy atom. The maximum Gasteiger partial charge on any atom is 0.236 e. The summed E-state index contributed by atoms with van der Waals surface area (Å²) in [6, 6.07) is 7.46. The van der Waals surface area contributed by atoms with E-state index < -0.39 is 6.10 Å². The minimum absolute atomic E-state index is 0.266. The van der Waals surface area contributed by atoms with Crippen LogP contribution in [0.4, 0.5) is 0 Å². The molecule has 1 atom stereocenters. The average molecular weight is 420 g/mol.